The predicted octanol–water partition coefficient (Wildman–Crippen LogP) is 3.49. The Kier molecular flexibility index (Phi) is 4.98. The molecule has 1 N–H and O–H groups in total. The highest BCUT2D eigenvalue weighted by molar-refractivity contribution is 5.97. The molecular formula is C22H26FN2O3+. The van der Waals surface area contributed by atoms with Gasteiger partial charge in [0.2, 0.25) is 0 Å². The van der Waals surface area contributed by atoms with Crippen molar-refractivity contribution in [2.45, 2.75) is 31.4 Å². The van der Waals surface area contributed by atoms with Crippen molar-refractivity contribution in [3.05, 3.63) is 53.8 Å². The molecule has 1 unspecified atom stereocenters. The third-order valence-electron chi connectivity index (χ3n) is 5.71. The van der Waals surface area contributed by atoms with Gasteiger partial charge in [-0.15, -0.1) is 0 Å². The number of hydrogen-bond donors (Lipinski definition) is 1. The van der Waals surface area contributed by atoms with Gasteiger partial charge in [0.05, 0.1) is 20.8 Å². The van der Waals surface area contributed by atoms with Crippen LogP contribution in [0, 0.1) is 5.82 Å². The van der Waals surface area contributed by atoms with E-state index < -0.39 is 5.72 Å². The van der Waals surface area contributed by atoms with Crippen molar-refractivity contribution in [1.82, 2.24) is 0 Å². The third-order valence-corrected chi connectivity index (χ3v) is 5.71. The van der Waals surface area contributed by atoms with Crippen molar-refractivity contribution < 1.29 is 23.5 Å². The summed E-state index contributed by atoms with van der Waals surface area (Å²) in [5.41, 5.74) is 0.334. The van der Waals surface area contributed by atoms with Crippen LogP contribution in [0.15, 0.2) is 42.5 Å². The van der Waals surface area contributed by atoms with E-state index in [1.54, 1.807) is 26.4 Å². The van der Waals surface area contributed by atoms with E-state index in [9.17, 15) is 9.50 Å². The minimum absolute atomic E-state index is 0.309. The minimum atomic E-state index is -1.22. The summed E-state index contributed by atoms with van der Waals surface area (Å²) in [5, 5.41) is 11.8. The first-order valence-corrected chi connectivity index (χ1v) is 9.68. The number of halogens is 1. The fraction of sp³-hybridized carbons (Fsp3) is 0.409. The standard InChI is InChI=1S/C22H26FN2O3/c1-27-18-11-12-20(28-2)19(14-18)24-15-22(26,16-7-9-17(23)10-8-16)25-13-5-3-4-6-21(24)25/h7-12,14,26H,3-6,13,15H2,1-2H3/q+1. The second kappa shape index (κ2) is 7.43. The van der Waals surface area contributed by atoms with E-state index in [4.69, 9.17) is 9.47 Å². The molecule has 0 aromatic heterocycles. The van der Waals surface area contributed by atoms with Gasteiger partial charge in [-0.25, -0.2) is 13.9 Å². The SMILES string of the molecule is COc1ccc(OC)c(N2CC(O)(c3ccc(F)cc3)[N+]3=C2CCCCC3)c1. The molecule has 2 aromatic carbocycles. The lowest BCUT2D eigenvalue weighted by atomic mass is 10.0. The molecule has 0 radical (unpaired) electrons. The predicted molar refractivity (Wildman–Crippen MR) is 106 cm³/mol. The molecule has 0 saturated heterocycles. The van der Waals surface area contributed by atoms with Crippen molar-refractivity contribution in [3.63, 3.8) is 0 Å². The maximum absolute atomic E-state index is 13.5. The first-order chi connectivity index (χ1) is 13.6. The number of hydrogen-bond acceptors (Lipinski definition) is 4. The van der Waals surface area contributed by atoms with Gasteiger partial charge in [-0.05, 0) is 55.7 Å². The molecule has 2 aromatic rings. The third kappa shape index (κ3) is 3.11. The van der Waals surface area contributed by atoms with Gasteiger partial charge >= 0.3 is 0 Å². The maximum Gasteiger partial charge on any atom is 0.271 e. The number of aliphatic hydroxyl groups is 1. The highest BCUT2D eigenvalue weighted by atomic mass is 19.1. The van der Waals surface area contributed by atoms with Crippen molar-refractivity contribution in [3.8, 4) is 11.5 Å². The molecule has 6 heteroatoms. The molecule has 2 aliphatic rings. The van der Waals surface area contributed by atoms with Crippen LogP contribution in [-0.4, -0.2) is 42.8 Å². The summed E-state index contributed by atoms with van der Waals surface area (Å²) in [6, 6.07) is 11.8. The van der Waals surface area contributed by atoms with E-state index in [0.717, 1.165) is 55.3 Å². The first kappa shape index (κ1) is 18.7. The van der Waals surface area contributed by atoms with Crippen LogP contribution >= 0.6 is 0 Å². The van der Waals surface area contributed by atoms with E-state index in [1.165, 1.54) is 12.1 Å². The molecule has 2 heterocycles. The Morgan fingerprint density at radius 2 is 1.82 bits per heavy atom. The summed E-state index contributed by atoms with van der Waals surface area (Å²) in [6.07, 6.45) is 4.05. The first-order valence-electron chi connectivity index (χ1n) is 9.68. The highest BCUT2D eigenvalue weighted by Crippen LogP contribution is 2.40. The van der Waals surface area contributed by atoms with Gasteiger partial charge in [0.25, 0.3) is 11.6 Å². The Labute approximate surface area is 164 Å². The summed E-state index contributed by atoms with van der Waals surface area (Å²) in [7, 11) is 3.28. The minimum Gasteiger partial charge on any atom is -0.497 e. The lowest BCUT2D eigenvalue weighted by Gasteiger charge is -2.23. The number of nitrogens with zero attached hydrogens (tertiary/aromatic N) is 2. The van der Waals surface area contributed by atoms with Crippen molar-refractivity contribution in [1.29, 1.82) is 0 Å². The summed E-state index contributed by atoms with van der Waals surface area (Å²) in [4.78, 5) is 2.12. The van der Waals surface area contributed by atoms with Crippen LogP contribution < -0.4 is 14.4 Å². The number of ether oxygens (including phenoxy) is 2. The molecule has 148 valence electrons. The molecule has 0 saturated carbocycles. The second-order valence-electron chi connectivity index (χ2n) is 7.33. The fourth-order valence-electron chi connectivity index (χ4n) is 4.27. The summed E-state index contributed by atoms with van der Waals surface area (Å²) >= 11 is 0. The zero-order valence-electron chi connectivity index (χ0n) is 16.3. The average Bonchev–Trinajstić information content (AvgIpc) is 2.87. The number of methoxy groups -OCH3 is 2. The van der Waals surface area contributed by atoms with Crippen LogP contribution in [0.1, 0.15) is 31.2 Å². The van der Waals surface area contributed by atoms with E-state index >= 15 is 0 Å². The second-order valence-corrected chi connectivity index (χ2v) is 7.33. The molecule has 0 spiro atoms. The van der Waals surface area contributed by atoms with Crippen molar-refractivity contribution in [2.24, 2.45) is 0 Å². The number of rotatable bonds is 4. The Hall–Kier alpha value is -2.60. The molecule has 1 atom stereocenters. The molecule has 0 bridgehead atoms. The highest BCUT2D eigenvalue weighted by Gasteiger charge is 2.52. The molecule has 2 aliphatic heterocycles. The number of anilines is 1. The van der Waals surface area contributed by atoms with Gasteiger partial charge in [0, 0.05) is 18.1 Å². The number of benzene rings is 2. The quantitative estimate of drug-likeness (QED) is 0.819. The Morgan fingerprint density at radius 3 is 2.54 bits per heavy atom. The smallest absolute Gasteiger partial charge is 0.271 e. The number of amidine groups is 1. The van der Waals surface area contributed by atoms with Crippen LogP contribution in [0.25, 0.3) is 0 Å². The van der Waals surface area contributed by atoms with Gasteiger partial charge < -0.3 is 14.6 Å². The van der Waals surface area contributed by atoms with Crippen molar-refractivity contribution >= 4 is 11.5 Å². The zero-order valence-corrected chi connectivity index (χ0v) is 16.3. The average molecular weight is 385 g/mol. The molecule has 0 aliphatic carbocycles. The Balaban J connectivity index is 1.84. The molecule has 4 rings (SSSR count). The van der Waals surface area contributed by atoms with Gasteiger partial charge in [0.15, 0.2) is 18.0 Å². The monoisotopic (exact) mass is 385 g/mol. The zero-order chi connectivity index (χ0) is 19.7. The summed E-state index contributed by atoms with van der Waals surface area (Å²) in [5.74, 6) is 2.21. The molecule has 0 fully saturated rings. The molecule has 5 nitrogen and oxygen atoms in total. The van der Waals surface area contributed by atoms with E-state index in [-0.39, 0.29) is 5.82 Å². The lowest BCUT2D eigenvalue weighted by Crippen LogP contribution is -2.41. The van der Waals surface area contributed by atoms with Crippen LogP contribution in [0.4, 0.5) is 10.1 Å². The topological polar surface area (TPSA) is 44.9 Å². The van der Waals surface area contributed by atoms with Crippen molar-refractivity contribution in [2.75, 3.05) is 32.2 Å². The van der Waals surface area contributed by atoms with Gasteiger partial charge in [-0.3, -0.25) is 0 Å². The van der Waals surface area contributed by atoms with Gasteiger partial charge in [0.1, 0.15) is 11.6 Å². The lowest BCUT2D eigenvalue weighted by molar-refractivity contribution is -0.658. The van der Waals surface area contributed by atoms with Gasteiger partial charge in [-0.2, -0.15) is 0 Å². The summed E-state index contributed by atoms with van der Waals surface area (Å²) < 4.78 is 26.6. The van der Waals surface area contributed by atoms with Crippen LogP contribution in [0.2, 0.25) is 0 Å². The number of β-amino-alcohol motifs (C(OH)–C–C–N with tert-alkyl or cyclic N) is 1. The fourth-order valence-corrected chi connectivity index (χ4v) is 4.27. The Morgan fingerprint density at radius 1 is 1.04 bits per heavy atom. The summed E-state index contributed by atoms with van der Waals surface area (Å²) in [6.45, 7) is 1.10. The Bertz CT molecular complexity index is 897. The van der Waals surface area contributed by atoms with E-state index in [2.05, 4.69) is 9.48 Å². The molecule has 0 amide bonds. The maximum atomic E-state index is 13.5. The van der Waals surface area contributed by atoms with Crippen LogP contribution in [0.3, 0.4) is 0 Å². The van der Waals surface area contributed by atoms with Crippen LogP contribution in [0.5, 0.6) is 11.5 Å². The molecule has 28 heavy (non-hydrogen) atoms. The van der Waals surface area contributed by atoms with E-state index in [0.29, 0.717) is 12.1 Å². The molecular weight excluding hydrogens is 359 g/mol. The largest absolute Gasteiger partial charge is 0.497 e. The van der Waals surface area contributed by atoms with Gasteiger partial charge in [-0.1, -0.05) is 0 Å². The van der Waals surface area contributed by atoms with Crippen LogP contribution in [-0.2, 0) is 5.72 Å². The normalized spacial score (nSPS) is 22.1. The van der Waals surface area contributed by atoms with E-state index in [1.807, 2.05) is 18.2 Å².